The Bertz CT molecular complexity index is 344. The van der Waals surface area contributed by atoms with Gasteiger partial charge >= 0.3 is 5.35 Å². The second-order valence-corrected chi connectivity index (χ2v) is 4.50. The first kappa shape index (κ1) is 8.48. The van der Waals surface area contributed by atoms with E-state index in [-0.39, 0.29) is 16.9 Å². The molecule has 0 aromatic carbocycles. The molecule has 0 unspecified atom stereocenters. The molecule has 11 heavy (non-hydrogen) atoms. The van der Waals surface area contributed by atoms with Gasteiger partial charge in [0.05, 0.1) is 0 Å². The molecule has 1 heterocycles. The van der Waals surface area contributed by atoms with Gasteiger partial charge in [-0.1, -0.05) is 5.16 Å². The van der Waals surface area contributed by atoms with Crippen LogP contribution in [0.25, 0.3) is 0 Å². The van der Waals surface area contributed by atoms with Gasteiger partial charge < -0.3 is 4.52 Å². The molecule has 0 spiro atoms. The smallest absolute Gasteiger partial charge is 0.320 e. The Morgan fingerprint density at radius 1 is 1.64 bits per heavy atom. The van der Waals surface area contributed by atoms with Gasteiger partial charge in [-0.25, -0.2) is 8.42 Å². The molecule has 7 heteroatoms. The summed E-state index contributed by atoms with van der Waals surface area (Å²) in [4.78, 5) is 3.50. The van der Waals surface area contributed by atoms with Crippen LogP contribution >= 0.6 is 11.6 Å². The standard InChI is InChI=1S/C4H5ClN2O3S/c1-11(8,9)2-3-6-4(5)10-7-3/h2H2,1H3. The largest absolute Gasteiger partial charge is 0.321 e. The van der Waals surface area contributed by atoms with Crippen LogP contribution in [0.1, 0.15) is 5.82 Å². The Morgan fingerprint density at radius 2 is 2.27 bits per heavy atom. The monoisotopic (exact) mass is 196 g/mol. The summed E-state index contributed by atoms with van der Waals surface area (Å²) in [6.07, 6.45) is 1.08. The van der Waals surface area contributed by atoms with E-state index in [9.17, 15) is 8.42 Å². The lowest BCUT2D eigenvalue weighted by Crippen LogP contribution is -2.01. The van der Waals surface area contributed by atoms with Gasteiger partial charge in [-0.05, 0) is 11.6 Å². The lowest BCUT2D eigenvalue weighted by molar-refractivity contribution is 0.413. The van der Waals surface area contributed by atoms with Gasteiger partial charge in [0, 0.05) is 6.26 Å². The summed E-state index contributed by atoms with van der Waals surface area (Å²) in [6.45, 7) is 0. The highest BCUT2D eigenvalue weighted by atomic mass is 35.5. The highest BCUT2D eigenvalue weighted by Crippen LogP contribution is 2.05. The van der Waals surface area contributed by atoms with Crippen molar-refractivity contribution >= 4 is 21.4 Å². The van der Waals surface area contributed by atoms with Crippen LogP contribution in [-0.2, 0) is 15.6 Å². The molecule has 0 aliphatic carbocycles. The van der Waals surface area contributed by atoms with E-state index in [4.69, 9.17) is 11.6 Å². The van der Waals surface area contributed by atoms with Crippen molar-refractivity contribution in [3.63, 3.8) is 0 Å². The summed E-state index contributed by atoms with van der Waals surface area (Å²) in [5.41, 5.74) is 0. The second kappa shape index (κ2) is 2.78. The van der Waals surface area contributed by atoms with E-state index < -0.39 is 9.84 Å². The van der Waals surface area contributed by atoms with Crippen LogP contribution in [0.15, 0.2) is 4.52 Å². The molecule has 0 aliphatic rings. The predicted octanol–water partition coefficient (Wildman–Crippen LogP) is 0.268. The molecule has 1 rings (SSSR count). The summed E-state index contributed by atoms with van der Waals surface area (Å²) in [5, 5.41) is 3.15. The summed E-state index contributed by atoms with van der Waals surface area (Å²) in [7, 11) is -3.11. The number of halogens is 1. The first-order valence-corrected chi connectivity index (χ1v) is 5.07. The average Bonchev–Trinajstić information content (AvgIpc) is 2.10. The molecule has 1 aromatic rings. The molecule has 0 saturated carbocycles. The van der Waals surface area contributed by atoms with Crippen LogP contribution < -0.4 is 0 Å². The molecule has 0 bridgehead atoms. The fraction of sp³-hybridized carbons (Fsp3) is 0.500. The van der Waals surface area contributed by atoms with Gasteiger partial charge in [0.25, 0.3) is 0 Å². The lowest BCUT2D eigenvalue weighted by Gasteiger charge is -1.87. The van der Waals surface area contributed by atoms with Crippen molar-refractivity contribution in [2.24, 2.45) is 0 Å². The Labute approximate surface area is 68.3 Å². The summed E-state index contributed by atoms with van der Waals surface area (Å²) in [6, 6.07) is 0. The Morgan fingerprint density at radius 3 is 2.64 bits per heavy atom. The third-order valence-electron chi connectivity index (χ3n) is 0.835. The van der Waals surface area contributed by atoms with E-state index in [1.807, 2.05) is 0 Å². The van der Waals surface area contributed by atoms with Crippen LogP contribution in [-0.4, -0.2) is 24.8 Å². The minimum absolute atomic E-state index is 0.0810. The average molecular weight is 197 g/mol. The van der Waals surface area contributed by atoms with E-state index in [1.54, 1.807) is 0 Å². The molecule has 0 fully saturated rings. The maximum Gasteiger partial charge on any atom is 0.320 e. The zero-order valence-corrected chi connectivity index (χ0v) is 7.18. The predicted molar refractivity (Wildman–Crippen MR) is 37.9 cm³/mol. The van der Waals surface area contributed by atoms with E-state index in [0.717, 1.165) is 6.26 Å². The van der Waals surface area contributed by atoms with Gasteiger partial charge in [0.2, 0.25) is 0 Å². The SMILES string of the molecule is CS(=O)(=O)Cc1noc(Cl)n1. The minimum atomic E-state index is -3.11. The van der Waals surface area contributed by atoms with Crippen molar-refractivity contribution in [1.29, 1.82) is 0 Å². The first-order chi connectivity index (χ1) is 4.97. The molecule has 0 amide bonds. The highest BCUT2D eigenvalue weighted by molar-refractivity contribution is 7.89. The second-order valence-electron chi connectivity index (χ2n) is 2.03. The molecule has 0 saturated heterocycles. The Kier molecular flexibility index (Phi) is 2.15. The lowest BCUT2D eigenvalue weighted by atomic mass is 10.7. The van der Waals surface area contributed by atoms with Crippen LogP contribution in [0.3, 0.4) is 0 Å². The molecule has 0 radical (unpaired) electrons. The molecular formula is C4H5ClN2O3S. The number of hydrogen-bond donors (Lipinski definition) is 0. The maximum absolute atomic E-state index is 10.6. The van der Waals surface area contributed by atoms with Gasteiger partial charge in [0.15, 0.2) is 15.7 Å². The zero-order chi connectivity index (χ0) is 8.48. The van der Waals surface area contributed by atoms with E-state index in [2.05, 4.69) is 14.7 Å². The fourth-order valence-electron chi connectivity index (χ4n) is 0.526. The van der Waals surface area contributed by atoms with Crippen molar-refractivity contribution < 1.29 is 12.9 Å². The van der Waals surface area contributed by atoms with E-state index in [1.165, 1.54) is 0 Å². The maximum atomic E-state index is 10.6. The van der Waals surface area contributed by atoms with E-state index >= 15 is 0 Å². The Balaban J connectivity index is 2.81. The van der Waals surface area contributed by atoms with Crippen molar-refractivity contribution in [3.05, 3.63) is 11.2 Å². The van der Waals surface area contributed by atoms with Crippen LogP contribution in [0.2, 0.25) is 5.35 Å². The molecule has 0 N–H and O–H groups in total. The zero-order valence-electron chi connectivity index (χ0n) is 5.61. The van der Waals surface area contributed by atoms with Gasteiger partial charge in [-0.15, -0.1) is 0 Å². The number of nitrogens with zero attached hydrogens (tertiary/aromatic N) is 2. The highest BCUT2D eigenvalue weighted by Gasteiger charge is 2.10. The fourth-order valence-corrected chi connectivity index (χ4v) is 1.24. The number of sulfone groups is 1. The number of rotatable bonds is 2. The van der Waals surface area contributed by atoms with Gasteiger partial charge in [0.1, 0.15) is 5.75 Å². The Hall–Kier alpha value is -0.620. The quantitative estimate of drug-likeness (QED) is 0.679. The third-order valence-corrected chi connectivity index (χ3v) is 1.77. The first-order valence-electron chi connectivity index (χ1n) is 2.63. The van der Waals surface area contributed by atoms with Crippen molar-refractivity contribution in [2.45, 2.75) is 5.75 Å². The summed E-state index contributed by atoms with van der Waals surface area (Å²) < 4.78 is 25.6. The topological polar surface area (TPSA) is 73.1 Å². The van der Waals surface area contributed by atoms with E-state index in [0.29, 0.717) is 0 Å². The number of aromatic nitrogens is 2. The van der Waals surface area contributed by atoms with Gasteiger partial charge in [-0.2, -0.15) is 4.98 Å². The summed E-state index contributed by atoms with van der Waals surface area (Å²) >= 11 is 5.25. The van der Waals surface area contributed by atoms with Crippen molar-refractivity contribution in [3.8, 4) is 0 Å². The molecule has 62 valence electrons. The molecular weight excluding hydrogens is 192 g/mol. The van der Waals surface area contributed by atoms with Crippen molar-refractivity contribution in [1.82, 2.24) is 10.1 Å². The van der Waals surface area contributed by atoms with Gasteiger partial charge in [-0.3, -0.25) is 0 Å². The minimum Gasteiger partial charge on any atom is -0.321 e. The molecule has 5 nitrogen and oxygen atoms in total. The normalized spacial score (nSPS) is 11.8. The van der Waals surface area contributed by atoms with Crippen LogP contribution in [0, 0.1) is 0 Å². The van der Waals surface area contributed by atoms with Crippen LogP contribution in [0.5, 0.6) is 0 Å². The molecule has 0 atom stereocenters. The van der Waals surface area contributed by atoms with Crippen LogP contribution in [0.4, 0.5) is 0 Å². The van der Waals surface area contributed by atoms with Crippen molar-refractivity contribution in [2.75, 3.05) is 6.26 Å². The molecule has 0 aliphatic heterocycles. The number of hydrogen-bond acceptors (Lipinski definition) is 5. The third kappa shape index (κ3) is 2.85. The summed E-state index contributed by atoms with van der Waals surface area (Å²) in [5.74, 6) is -0.166. The molecule has 1 aromatic heterocycles.